The Balaban J connectivity index is 1.56. The maximum atomic E-state index is 12.3. The van der Waals surface area contributed by atoms with Crippen LogP contribution in [0.15, 0.2) is 82.8 Å². The highest BCUT2D eigenvalue weighted by Gasteiger charge is 2.08. The molecule has 0 aliphatic carbocycles. The number of nitrogens with one attached hydrogen (secondary N) is 1. The molecule has 4 nitrogen and oxygen atoms in total. The number of benzene rings is 3. The van der Waals surface area contributed by atoms with Crippen molar-refractivity contribution >= 4 is 41.2 Å². The molecule has 160 valence electrons. The van der Waals surface area contributed by atoms with Gasteiger partial charge in [-0.15, -0.1) is 11.8 Å². The van der Waals surface area contributed by atoms with E-state index in [1.807, 2.05) is 42.7 Å². The Bertz CT molecular complexity index is 1020. The van der Waals surface area contributed by atoms with Crippen molar-refractivity contribution < 1.29 is 4.79 Å². The molecule has 0 radical (unpaired) electrons. The molecule has 0 aromatic heterocycles. The van der Waals surface area contributed by atoms with Crippen LogP contribution < -0.4 is 10.3 Å². The Labute approximate surface area is 193 Å². The molecule has 0 atom stereocenters. The van der Waals surface area contributed by atoms with Crippen molar-refractivity contribution in [3.8, 4) is 0 Å². The minimum atomic E-state index is -0.176. The number of hydrogen-bond acceptors (Lipinski definition) is 4. The fourth-order valence-corrected chi connectivity index (χ4v) is 4.03. The van der Waals surface area contributed by atoms with Gasteiger partial charge in [-0.05, 0) is 60.2 Å². The summed E-state index contributed by atoms with van der Waals surface area (Å²) >= 11 is 7.65. The number of hydrogen-bond donors (Lipinski definition) is 1. The van der Waals surface area contributed by atoms with Gasteiger partial charge in [-0.1, -0.05) is 54.1 Å². The van der Waals surface area contributed by atoms with Gasteiger partial charge in [0.2, 0.25) is 5.91 Å². The summed E-state index contributed by atoms with van der Waals surface area (Å²) in [5.41, 5.74) is 6.85. The summed E-state index contributed by atoms with van der Waals surface area (Å²) in [6, 6.07) is 24.2. The molecule has 0 bridgehead atoms. The molecule has 0 spiro atoms. The fourth-order valence-electron chi connectivity index (χ4n) is 3.24. The third kappa shape index (κ3) is 6.88. The lowest BCUT2D eigenvalue weighted by molar-refractivity contribution is -0.120. The van der Waals surface area contributed by atoms with Crippen LogP contribution in [0.5, 0.6) is 0 Å². The highest BCUT2D eigenvalue weighted by atomic mass is 35.5. The van der Waals surface area contributed by atoms with Gasteiger partial charge in [0.1, 0.15) is 0 Å². The van der Waals surface area contributed by atoms with E-state index in [0.717, 1.165) is 34.8 Å². The van der Waals surface area contributed by atoms with E-state index in [4.69, 9.17) is 11.6 Å². The number of carbonyl (C=O) groups is 1. The second-order valence-corrected chi connectivity index (χ2v) is 8.30. The molecular weight excluding hydrogens is 426 g/mol. The second kappa shape index (κ2) is 11.6. The molecule has 1 amide bonds. The third-order valence-corrected chi connectivity index (χ3v) is 5.93. The van der Waals surface area contributed by atoms with Gasteiger partial charge in [0.25, 0.3) is 0 Å². The molecule has 0 unspecified atom stereocenters. The summed E-state index contributed by atoms with van der Waals surface area (Å²) in [4.78, 5) is 15.6. The van der Waals surface area contributed by atoms with Crippen LogP contribution in [0, 0.1) is 0 Å². The van der Waals surface area contributed by atoms with Gasteiger partial charge >= 0.3 is 0 Å². The topological polar surface area (TPSA) is 44.7 Å². The number of halogens is 1. The number of thioether (sulfide) groups is 1. The Morgan fingerprint density at radius 3 is 2.52 bits per heavy atom. The van der Waals surface area contributed by atoms with E-state index in [-0.39, 0.29) is 12.3 Å². The molecule has 0 saturated carbocycles. The Morgan fingerprint density at radius 1 is 1.10 bits per heavy atom. The van der Waals surface area contributed by atoms with Crippen LogP contribution in [0.3, 0.4) is 0 Å². The number of carbonyl (C=O) groups excluding carboxylic acids is 1. The average molecular weight is 452 g/mol. The lowest BCUT2D eigenvalue weighted by atomic mass is 10.1. The molecule has 3 aromatic carbocycles. The Kier molecular flexibility index (Phi) is 8.56. The van der Waals surface area contributed by atoms with Crippen molar-refractivity contribution in [3.05, 3.63) is 94.5 Å². The van der Waals surface area contributed by atoms with Crippen molar-refractivity contribution in [2.75, 3.05) is 17.7 Å². The van der Waals surface area contributed by atoms with E-state index in [1.165, 1.54) is 5.56 Å². The summed E-state index contributed by atoms with van der Waals surface area (Å²) in [7, 11) is 0. The minimum Gasteiger partial charge on any atom is -0.367 e. The molecule has 1 N–H and O–H groups in total. The SMILES string of the molecule is CCN(Cc1ccccc1)c1ccc(/C=N\NC(=O)Cc2cc(Cl)ccc2SC)cc1. The summed E-state index contributed by atoms with van der Waals surface area (Å²) in [5, 5.41) is 4.72. The maximum Gasteiger partial charge on any atom is 0.244 e. The first-order chi connectivity index (χ1) is 15.1. The molecule has 0 aliphatic heterocycles. The largest absolute Gasteiger partial charge is 0.367 e. The number of hydrazone groups is 1. The fraction of sp³-hybridized carbons (Fsp3) is 0.200. The van der Waals surface area contributed by atoms with Gasteiger partial charge < -0.3 is 4.90 Å². The van der Waals surface area contributed by atoms with Crippen molar-refractivity contribution in [3.63, 3.8) is 0 Å². The number of amides is 1. The minimum absolute atomic E-state index is 0.176. The van der Waals surface area contributed by atoms with Gasteiger partial charge in [-0.3, -0.25) is 4.79 Å². The van der Waals surface area contributed by atoms with Crippen LogP contribution in [0.4, 0.5) is 5.69 Å². The first kappa shape index (κ1) is 22.9. The van der Waals surface area contributed by atoms with Crippen molar-refractivity contribution in [1.29, 1.82) is 0 Å². The predicted octanol–water partition coefficient (Wildman–Crippen LogP) is 5.78. The standard InChI is InChI=1S/C25H26ClN3OS/c1-3-29(18-20-7-5-4-6-8-20)23-12-9-19(10-13-23)17-27-28-25(30)16-21-15-22(26)11-14-24(21)31-2/h4-15,17H,3,16,18H2,1-2H3,(H,28,30)/b27-17-. The van der Waals surface area contributed by atoms with Gasteiger partial charge in [-0.2, -0.15) is 5.10 Å². The smallest absolute Gasteiger partial charge is 0.244 e. The van der Waals surface area contributed by atoms with E-state index in [2.05, 4.69) is 58.7 Å². The zero-order valence-electron chi connectivity index (χ0n) is 17.7. The van der Waals surface area contributed by atoms with Crippen molar-refractivity contribution in [1.82, 2.24) is 5.43 Å². The highest BCUT2D eigenvalue weighted by molar-refractivity contribution is 7.98. The van der Waals surface area contributed by atoms with Crippen molar-refractivity contribution in [2.45, 2.75) is 24.8 Å². The molecule has 3 aromatic rings. The lowest BCUT2D eigenvalue weighted by Crippen LogP contribution is -2.22. The van der Waals surface area contributed by atoms with Gasteiger partial charge in [0, 0.05) is 28.7 Å². The molecule has 31 heavy (non-hydrogen) atoms. The zero-order chi connectivity index (χ0) is 22.1. The molecular formula is C25H26ClN3OS. The van der Waals surface area contributed by atoms with Crippen molar-refractivity contribution in [2.24, 2.45) is 5.10 Å². The molecule has 6 heteroatoms. The monoisotopic (exact) mass is 451 g/mol. The van der Waals surface area contributed by atoms with E-state index >= 15 is 0 Å². The first-order valence-electron chi connectivity index (χ1n) is 10.1. The average Bonchev–Trinajstić information content (AvgIpc) is 2.79. The maximum absolute atomic E-state index is 12.3. The summed E-state index contributed by atoms with van der Waals surface area (Å²) in [6.07, 6.45) is 3.87. The quantitative estimate of drug-likeness (QED) is 0.255. The molecule has 3 rings (SSSR count). The Hall–Kier alpha value is -2.76. The Morgan fingerprint density at radius 2 is 1.84 bits per heavy atom. The summed E-state index contributed by atoms with van der Waals surface area (Å²) in [5.74, 6) is -0.176. The summed E-state index contributed by atoms with van der Waals surface area (Å²) in [6.45, 7) is 3.93. The molecule has 0 aliphatic rings. The normalized spacial score (nSPS) is 10.9. The van der Waals surface area contributed by atoms with Gasteiger partial charge in [-0.25, -0.2) is 5.43 Å². The van der Waals surface area contributed by atoms with Gasteiger partial charge in [0.15, 0.2) is 0 Å². The van der Waals surface area contributed by atoms with Crippen LogP contribution in [0.25, 0.3) is 0 Å². The predicted molar refractivity (Wildman–Crippen MR) is 132 cm³/mol. The highest BCUT2D eigenvalue weighted by Crippen LogP contribution is 2.24. The van der Waals surface area contributed by atoms with Crippen LogP contribution in [-0.2, 0) is 17.8 Å². The lowest BCUT2D eigenvalue weighted by Gasteiger charge is -2.23. The zero-order valence-corrected chi connectivity index (χ0v) is 19.3. The second-order valence-electron chi connectivity index (χ2n) is 7.02. The van der Waals surface area contributed by atoms with Crippen LogP contribution in [-0.4, -0.2) is 24.9 Å². The molecule has 0 saturated heterocycles. The number of nitrogens with zero attached hydrogens (tertiary/aromatic N) is 2. The molecule has 0 fully saturated rings. The number of rotatable bonds is 9. The van der Waals surface area contributed by atoms with E-state index in [1.54, 1.807) is 18.0 Å². The molecule has 0 heterocycles. The van der Waals surface area contributed by atoms with E-state index in [0.29, 0.717) is 5.02 Å². The first-order valence-corrected chi connectivity index (χ1v) is 11.7. The van der Waals surface area contributed by atoms with E-state index in [9.17, 15) is 4.79 Å². The number of anilines is 1. The van der Waals surface area contributed by atoms with Crippen LogP contribution in [0.1, 0.15) is 23.6 Å². The van der Waals surface area contributed by atoms with E-state index < -0.39 is 0 Å². The third-order valence-electron chi connectivity index (χ3n) is 4.85. The van der Waals surface area contributed by atoms with Crippen LogP contribution >= 0.6 is 23.4 Å². The van der Waals surface area contributed by atoms with Gasteiger partial charge in [0.05, 0.1) is 12.6 Å². The van der Waals surface area contributed by atoms with Crippen LogP contribution in [0.2, 0.25) is 5.02 Å². The summed E-state index contributed by atoms with van der Waals surface area (Å²) < 4.78 is 0.